The molecule has 1 saturated carbocycles. The van der Waals surface area contributed by atoms with Crippen molar-refractivity contribution in [1.82, 2.24) is 5.32 Å². The molecule has 0 aromatic heterocycles. The highest BCUT2D eigenvalue weighted by atomic mass is 16.5. The number of rotatable bonds is 4. The van der Waals surface area contributed by atoms with Crippen molar-refractivity contribution in [1.29, 1.82) is 0 Å². The fourth-order valence-electron chi connectivity index (χ4n) is 1.77. The molecule has 1 aliphatic rings. The van der Waals surface area contributed by atoms with Gasteiger partial charge in [-0.15, -0.1) is 0 Å². The molecule has 5 nitrogen and oxygen atoms in total. The smallest absolute Gasteiger partial charge is 0.325 e. The summed E-state index contributed by atoms with van der Waals surface area (Å²) in [5.74, 6) is -0.515. The average Bonchev–Trinajstić information content (AvgIpc) is 2.62. The summed E-state index contributed by atoms with van der Waals surface area (Å²) in [5.41, 5.74) is 5.69. The number of nitrogens with two attached hydrogens (primary N) is 1. The maximum atomic E-state index is 11.5. The van der Waals surface area contributed by atoms with Crippen LogP contribution < -0.4 is 11.1 Å². The summed E-state index contributed by atoms with van der Waals surface area (Å²) in [7, 11) is 0. The normalized spacial score (nSPS) is 24.9. The van der Waals surface area contributed by atoms with Gasteiger partial charge in [-0.25, -0.2) is 0 Å². The minimum Gasteiger partial charge on any atom is -0.465 e. The lowest BCUT2D eigenvalue weighted by Gasteiger charge is -2.09. The second-order valence-corrected chi connectivity index (χ2v) is 3.79. The molecule has 2 unspecified atom stereocenters. The van der Waals surface area contributed by atoms with Crippen LogP contribution >= 0.6 is 0 Å². The predicted octanol–water partition coefficient (Wildman–Crippen LogP) is -0.207. The molecule has 1 rings (SSSR count). The molecule has 0 bridgehead atoms. The quantitative estimate of drug-likeness (QED) is 0.635. The van der Waals surface area contributed by atoms with Gasteiger partial charge in [0.25, 0.3) is 0 Å². The van der Waals surface area contributed by atoms with Crippen molar-refractivity contribution in [3.8, 4) is 0 Å². The molecular weight excluding hydrogens is 196 g/mol. The van der Waals surface area contributed by atoms with Crippen molar-refractivity contribution in [3.63, 3.8) is 0 Å². The summed E-state index contributed by atoms with van der Waals surface area (Å²) < 4.78 is 4.70. The molecule has 0 saturated heterocycles. The molecular formula is C10H18N2O3. The van der Waals surface area contributed by atoms with Crippen molar-refractivity contribution in [2.24, 2.45) is 11.7 Å². The van der Waals surface area contributed by atoms with E-state index >= 15 is 0 Å². The predicted molar refractivity (Wildman–Crippen MR) is 55.0 cm³/mol. The molecule has 3 N–H and O–H groups in total. The van der Waals surface area contributed by atoms with Crippen LogP contribution in [0.4, 0.5) is 0 Å². The fourth-order valence-corrected chi connectivity index (χ4v) is 1.77. The number of hydrogen-bond acceptors (Lipinski definition) is 4. The van der Waals surface area contributed by atoms with Crippen LogP contribution in [0.1, 0.15) is 26.2 Å². The third-order valence-electron chi connectivity index (χ3n) is 2.56. The van der Waals surface area contributed by atoms with E-state index in [0.717, 1.165) is 12.8 Å². The number of nitrogens with one attached hydrogen (secondary N) is 1. The van der Waals surface area contributed by atoms with Gasteiger partial charge in [0, 0.05) is 12.0 Å². The van der Waals surface area contributed by atoms with Crippen LogP contribution in [0.15, 0.2) is 0 Å². The van der Waals surface area contributed by atoms with Crippen LogP contribution in [0, 0.1) is 5.92 Å². The minimum atomic E-state index is -0.395. The maximum absolute atomic E-state index is 11.5. The van der Waals surface area contributed by atoms with Gasteiger partial charge < -0.3 is 15.8 Å². The molecule has 0 aliphatic heterocycles. The first-order valence-electron chi connectivity index (χ1n) is 5.32. The Morgan fingerprint density at radius 3 is 2.73 bits per heavy atom. The molecule has 1 fully saturated rings. The van der Waals surface area contributed by atoms with E-state index in [-0.39, 0.29) is 24.4 Å². The summed E-state index contributed by atoms with van der Waals surface area (Å²) in [4.78, 5) is 22.5. The van der Waals surface area contributed by atoms with Gasteiger partial charge in [-0.3, -0.25) is 9.59 Å². The largest absolute Gasteiger partial charge is 0.465 e. The third-order valence-corrected chi connectivity index (χ3v) is 2.56. The Bertz CT molecular complexity index is 243. The van der Waals surface area contributed by atoms with E-state index in [1.807, 2.05) is 0 Å². The zero-order chi connectivity index (χ0) is 11.3. The molecule has 1 aliphatic carbocycles. The Labute approximate surface area is 89.3 Å². The van der Waals surface area contributed by atoms with Gasteiger partial charge in [0.1, 0.15) is 6.54 Å². The summed E-state index contributed by atoms with van der Waals surface area (Å²) in [6.45, 7) is 2.02. The van der Waals surface area contributed by atoms with Gasteiger partial charge in [0.05, 0.1) is 6.61 Å². The van der Waals surface area contributed by atoms with Gasteiger partial charge >= 0.3 is 5.97 Å². The summed E-state index contributed by atoms with van der Waals surface area (Å²) >= 11 is 0. The topological polar surface area (TPSA) is 81.4 Å². The second kappa shape index (κ2) is 5.70. The SMILES string of the molecule is CCOC(=O)CNC(=O)C1CCC(N)C1. The molecule has 0 spiro atoms. The van der Waals surface area contributed by atoms with E-state index < -0.39 is 5.97 Å². The lowest BCUT2D eigenvalue weighted by Crippen LogP contribution is -2.35. The minimum absolute atomic E-state index is 0.0329. The summed E-state index contributed by atoms with van der Waals surface area (Å²) in [6, 6.07) is 0.128. The van der Waals surface area contributed by atoms with Crippen LogP contribution in [0.25, 0.3) is 0 Å². The van der Waals surface area contributed by atoms with Crippen molar-refractivity contribution in [2.75, 3.05) is 13.2 Å². The van der Waals surface area contributed by atoms with Crippen molar-refractivity contribution in [2.45, 2.75) is 32.2 Å². The molecule has 1 amide bonds. The standard InChI is InChI=1S/C10H18N2O3/c1-2-15-9(13)6-12-10(14)7-3-4-8(11)5-7/h7-8H,2-6,11H2,1H3,(H,12,14). The number of amides is 1. The van der Waals surface area contributed by atoms with E-state index in [1.54, 1.807) is 6.92 Å². The Morgan fingerprint density at radius 1 is 1.47 bits per heavy atom. The number of carbonyl (C=O) groups excluding carboxylic acids is 2. The molecule has 15 heavy (non-hydrogen) atoms. The molecule has 86 valence electrons. The van der Waals surface area contributed by atoms with Crippen LogP contribution in [0.2, 0.25) is 0 Å². The fraction of sp³-hybridized carbons (Fsp3) is 0.800. The number of esters is 1. The molecule has 0 radical (unpaired) electrons. The second-order valence-electron chi connectivity index (χ2n) is 3.79. The van der Waals surface area contributed by atoms with E-state index in [4.69, 9.17) is 10.5 Å². The highest BCUT2D eigenvalue weighted by Gasteiger charge is 2.27. The maximum Gasteiger partial charge on any atom is 0.325 e. The first-order valence-corrected chi connectivity index (χ1v) is 5.32. The zero-order valence-corrected chi connectivity index (χ0v) is 8.99. The lowest BCUT2D eigenvalue weighted by molar-refractivity contribution is -0.143. The van der Waals surface area contributed by atoms with E-state index in [1.165, 1.54) is 0 Å². The van der Waals surface area contributed by atoms with E-state index in [9.17, 15) is 9.59 Å². The number of hydrogen-bond donors (Lipinski definition) is 2. The average molecular weight is 214 g/mol. The highest BCUT2D eigenvalue weighted by Crippen LogP contribution is 2.23. The van der Waals surface area contributed by atoms with Crippen molar-refractivity contribution >= 4 is 11.9 Å². The van der Waals surface area contributed by atoms with Crippen LogP contribution in [0.3, 0.4) is 0 Å². The Morgan fingerprint density at radius 2 is 2.20 bits per heavy atom. The Balaban J connectivity index is 2.21. The third kappa shape index (κ3) is 3.87. The Kier molecular flexibility index (Phi) is 4.55. The number of carbonyl (C=O) groups is 2. The molecule has 0 aromatic carbocycles. The van der Waals surface area contributed by atoms with Crippen LogP contribution in [-0.4, -0.2) is 31.1 Å². The van der Waals surface area contributed by atoms with E-state index in [2.05, 4.69) is 5.32 Å². The lowest BCUT2D eigenvalue weighted by atomic mass is 10.1. The van der Waals surface area contributed by atoms with Crippen LogP contribution in [0.5, 0.6) is 0 Å². The molecule has 2 atom stereocenters. The summed E-state index contributed by atoms with van der Waals surface area (Å²) in [6.07, 6.45) is 2.42. The van der Waals surface area contributed by atoms with Gasteiger partial charge in [0.15, 0.2) is 0 Å². The molecule has 0 heterocycles. The van der Waals surface area contributed by atoms with Gasteiger partial charge in [-0.2, -0.15) is 0 Å². The Hall–Kier alpha value is -1.10. The highest BCUT2D eigenvalue weighted by molar-refractivity contribution is 5.83. The first kappa shape index (κ1) is 12.0. The van der Waals surface area contributed by atoms with Gasteiger partial charge in [-0.05, 0) is 26.2 Å². The summed E-state index contributed by atoms with van der Waals surface area (Å²) in [5, 5.41) is 2.56. The van der Waals surface area contributed by atoms with E-state index in [0.29, 0.717) is 13.0 Å². The van der Waals surface area contributed by atoms with Crippen molar-refractivity contribution in [3.05, 3.63) is 0 Å². The molecule has 0 aromatic rings. The van der Waals surface area contributed by atoms with Gasteiger partial charge in [-0.1, -0.05) is 0 Å². The van der Waals surface area contributed by atoms with Gasteiger partial charge in [0.2, 0.25) is 5.91 Å². The monoisotopic (exact) mass is 214 g/mol. The first-order chi connectivity index (χ1) is 7.13. The van der Waals surface area contributed by atoms with Crippen LogP contribution in [-0.2, 0) is 14.3 Å². The van der Waals surface area contributed by atoms with Crippen molar-refractivity contribution < 1.29 is 14.3 Å². The zero-order valence-electron chi connectivity index (χ0n) is 8.99. The molecule has 5 heteroatoms. The number of ether oxygens (including phenoxy) is 1.